The van der Waals surface area contributed by atoms with Gasteiger partial charge in [0.2, 0.25) is 5.91 Å². The van der Waals surface area contributed by atoms with Gasteiger partial charge in [0.25, 0.3) is 0 Å². The largest absolute Gasteiger partial charge is 0.481 e. The predicted molar refractivity (Wildman–Crippen MR) is 64.5 cm³/mol. The van der Waals surface area contributed by atoms with Gasteiger partial charge >= 0.3 is 5.97 Å². The van der Waals surface area contributed by atoms with E-state index < -0.39 is 23.2 Å². The molecule has 0 bridgehead atoms. The van der Waals surface area contributed by atoms with Crippen molar-refractivity contribution in [1.29, 1.82) is 0 Å². The van der Waals surface area contributed by atoms with Crippen LogP contribution in [0.1, 0.15) is 26.5 Å². The van der Waals surface area contributed by atoms with Gasteiger partial charge in [-0.15, -0.1) is 0 Å². The Morgan fingerprint density at radius 2 is 2.11 bits per heavy atom. The van der Waals surface area contributed by atoms with Crippen molar-refractivity contribution >= 4 is 11.9 Å². The molecular weight excluding hydrogens is 234 g/mol. The van der Waals surface area contributed by atoms with Crippen LogP contribution < -0.4 is 5.32 Å². The molecule has 0 aromatic carbocycles. The zero-order chi connectivity index (χ0) is 13.8. The first kappa shape index (κ1) is 14.1. The van der Waals surface area contributed by atoms with Crippen LogP contribution in [0.15, 0.2) is 18.6 Å². The minimum absolute atomic E-state index is 0.196. The number of nitrogens with one attached hydrogen (secondary N) is 1. The maximum Gasteiger partial charge on any atom is 0.316 e. The van der Waals surface area contributed by atoms with E-state index in [-0.39, 0.29) is 6.54 Å². The standard InChI is InChI=1S/C12H17N3O3/c1-12(2,3)9(11(17)18)10(16)14-6-8-4-5-13-7-15-8/h4-5,7,9H,6H2,1-3H3,(H,14,16)(H,17,18). The van der Waals surface area contributed by atoms with Gasteiger partial charge in [-0.3, -0.25) is 9.59 Å². The van der Waals surface area contributed by atoms with Crippen LogP contribution in [0.5, 0.6) is 0 Å². The van der Waals surface area contributed by atoms with Crippen LogP contribution >= 0.6 is 0 Å². The van der Waals surface area contributed by atoms with Crippen LogP contribution in [0.2, 0.25) is 0 Å². The third kappa shape index (κ3) is 3.80. The summed E-state index contributed by atoms with van der Waals surface area (Å²) in [5.74, 6) is -2.71. The van der Waals surface area contributed by atoms with Gasteiger partial charge in [-0.2, -0.15) is 0 Å². The topological polar surface area (TPSA) is 92.2 Å². The van der Waals surface area contributed by atoms with Gasteiger partial charge in [0.1, 0.15) is 12.2 Å². The highest BCUT2D eigenvalue weighted by atomic mass is 16.4. The molecule has 0 saturated heterocycles. The van der Waals surface area contributed by atoms with Crippen molar-refractivity contribution in [3.05, 3.63) is 24.3 Å². The molecule has 0 aliphatic heterocycles. The molecule has 1 aromatic heterocycles. The van der Waals surface area contributed by atoms with Crippen molar-refractivity contribution in [2.45, 2.75) is 27.3 Å². The first-order valence-corrected chi connectivity index (χ1v) is 5.58. The SMILES string of the molecule is CC(C)(C)C(C(=O)O)C(=O)NCc1ccncn1. The zero-order valence-corrected chi connectivity index (χ0v) is 10.7. The number of aromatic nitrogens is 2. The third-order valence-electron chi connectivity index (χ3n) is 2.46. The summed E-state index contributed by atoms with van der Waals surface area (Å²) in [5.41, 5.74) is -0.00176. The predicted octanol–water partition coefficient (Wildman–Crippen LogP) is 0.840. The van der Waals surface area contributed by atoms with Crippen molar-refractivity contribution in [1.82, 2.24) is 15.3 Å². The maximum atomic E-state index is 11.9. The van der Waals surface area contributed by atoms with E-state index in [9.17, 15) is 9.59 Å². The number of hydrogen-bond acceptors (Lipinski definition) is 4. The van der Waals surface area contributed by atoms with Crippen LogP contribution in [-0.2, 0) is 16.1 Å². The normalized spacial score (nSPS) is 12.8. The number of aliphatic carboxylic acids is 1. The Labute approximate surface area is 105 Å². The molecular formula is C12H17N3O3. The summed E-state index contributed by atoms with van der Waals surface area (Å²) in [6.45, 7) is 5.35. The molecule has 1 unspecified atom stereocenters. The van der Waals surface area contributed by atoms with E-state index in [2.05, 4.69) is 15.3 Å². The van der Waals surface area contributed by atoms with Gasteiger partial charge in [0.15, 0.2) is 0 Å². The molecule has 0 saturated carbocycles. The van der Waals surface area contributed by atoms with Crippen LogP contribution in [0.4, 0.5) is 0 Å². The fourth-order valence-electron chi connectivity index (χ4n) is 1.58. The second kappa shape index (κ2) is 5.57. The maximum absolute atomic E-state index is 11.9. The first-order valence-electron chi connectivity index (χ1n) is 5.58. The van der Waals surface area contributed by atoms with Crippen molar-refractivity contribution in [3.63, 3.8) is 0 Å². The molecule has 2 N–H and O–H groups in total. The lowest BCUT2D eigenvalue weighted by Gasteiger charge is -2.25. The minimum Gasteiger partial charge on any atom is -0.481 e. The Bertz CT molecular complexity index is 426. The second-order valence-electron chi connectivity index (χ2n) is 5.06. The minimum atomic E-state index is -1.12. The van der Waals surface area contributed by atoms with E-state index in [1.54, 1.807) is 33.0 Å². The van der Waals surface area contributed by atoms with E-state index in [0.29, 0.717) is 5.69 Å². The molecule has 6 nitrogen and oxygen atoms in total. The Kier molecular flexibility index (Phi) is 4.36. The van der Waals surface area contributed by atoms with Gasteiger partial charge in [-0.1, -0.05) is 20.8 Å². The molecule has 1 atom stereocenters. The quantitative estimate of drug-likeness (QED) is 0.773. The second-order valence-corrected chi connectivity index (χ2v) is 5.06. The summed E-state index contributed by atoms with van der Waals surface area (Å²) in [6.07, 6.45) is 2.94. The Balaban J connectivity index is 2.67. The molecule has 98 valence electrons. The molecule has 0 aliphatic carbocycles. The molecule has 1 amide bonds. The zero-order valence-electron chi connectivity index (χ0n) is 10.7. The number of carboxylic acids is 1. The number of hydrogen-bond donors (Lipinski definition) is 2. The third-order valence-corrected chi connectivity index (χ3v) is 2.46. The van der Waals surface area contributed by atoms with Crippen molar-refractivity contribution < 1.29 is 14.7 Å². The van der Waals surface area contributed by atoms with Crippen molar-refractivity contribution in [2.24, 2.45) is 11.3 Å². The molecule has 0 spiro atoms. The summed E-state index contributed by atoms with van der Waals surface area (Å²) < 4.78 is 0. The van der Waals surface area contributed by atoms with Gasteiger partial charge in [-0.05, 0) is 11.5 Å². The lowest BCUT2D eigenvalue weighted by atomic mass is 9.80. The molecule has 1 aromatic rings. The lowest BCUT2D eigenvalue weighted by molar-refractivity contribution is -0.151. The number of amides is 1. The number of carboxylic acid groups (broad SMARTS) is 1. The molecule has 0 radical (unpaired) electrons. The summed E-state index contributed by atoms with van der Waals surface area (Å²) in [5, 5.41) is 11.7. The molecule has 1 heterocycles. The Morgan fingerprint density at radius 1 is 1.44 bits per heavy atom. The number of rotatable bonds is 4. The molecule has 0 fully saturated rings. The Hall–Kier alpha value is -1.98. The van der Waals surface area contributed by atoms with Gasteiger partial charge in [0.05, 0.1) is 12.2 Å². The highest BCUT2D eigenvalue weighted by molar-refractivity contribution is 5.97. The summed E-state index contributed by atoms with van der Waals surface area (Å²) >= 11 is 0. The van der Waals surface area contributed by atoms with Gasteiger partial charge in [-0.25, -0.2) is 9.97 Å². The average molecular weight is 251 g/mol. The van der Waals surface area contributed by atoms with Crippen LogP contribution in [0, 0.1) is 11.3 Å². The number of carbonyl (C=O) groups excluding carboxylic acids is 1. The fraction of sp³-hybridized carbons (Fsp3) is 0.500. The van der Waals surface area contributed by atoms with Gasteiger partial charge in [0, 0.05) is 6.20 Å². The first-order chi connectivity index (χ1) is 8.32. The summed E-state index contributed by atoms with van der Waals surface area (Å²) in [7, 11) is 0. The fourth-order valence-corrected chi connectivity index (χ4v) is 1.58. The summed E-state index contributed by atoms with van der Waals surface area (Å²) in [6, 6.07) is 1.66. The molecule has 6 heteroatoms. The summed E-state index contributed by atoms with van der Waals surface area (Å²) in [4.78, 5) is 30.7. The smallest absolute Gasteiger partial charge is 0.316 e. The monoisotopic (exact) mass is 251 g/mol. The van der Waals surface area contributed by atoms with E-state index in [4.69, 9.17) is 5.11 Å². The van der Waals surface area contributed by atoms with E-state index >= 15 is 0 Å². The highest BCUT2D eigenvalue weighted by Gasteiger charge is 2.37. The van der Waals surface area contributed by atoms with Crippen molar-refractivity contribution in [2.75, 3.05) is 0 Å². The number of nitrogens with zero attached hydrogens (tertiary/aromatic N) is 2. The van der Waals surface area contributed by atoms with E-state index in [1.807, 2.05) is 0 Å². The van der Waals surface area contributed by atoms with Crippen LogP contribution in [-0.4, -0.2) is 27.0 Å². The van der Waals surface area contributed by atoms with E-state index in [0.717, 1.165) is 0 Å². The van der Waals surface area contributed by atoms with Crippen LogP contribution in [0.3, 0.4) is 0 Å². The molecule has 18 heavy (non-hydrogen) atoms. The van der Waals surface area contributed by atoms with Crippen LogP contribution in [0.25, 0.3) is 0 Å². The number of carbonyl (C=O) groups is 2. The average Bonchev–Trinajstić information content (AvgIpc) is 2.25. The molecule has 1 rings (SSSR count). The van der Waals surface area contributed by atoms with E-state index in [1.165, 1.54) is 6.33 Å². The van der Waals surface area contributed by atoms with Gasteiger partial charge < -0.3 is 10.4 Å². The Morgan fingerprint density at radius 3 is 2.56 bits per heavy atom. The molecule has 0 aliphatic rings. The highest BCUT2D eigenvalue weighted by Crippen LogP contribution is 2.26. The van der Waals surface area contributed by atoms with Crippen molar-refractivity contribution in [3.8, 4) is 0 Å². The lowest BCUT2D eigenvalue weighted by Crippen LogP contribution is -2.42.